The summed E-state index contributed by atoms with van der Waals surface area (Å²) < 4.78 is 11.4. The third kappa shape index (κ3) is 5.85. The highest BCUT2D eigenvalue weighted by atomic mass is 32.2. The van der Waals surface area contributed by atoms with Crippen LogP contribution in [0.4, 0.5) is 10.8 Å². The molecule has 2 aromatic rings. The minimum atomic E-state index is -0.478. The fourth-order valence-electron chi connectivity index (χ4n) is 3.21. The Morgan fingerprint density at radius 2 is 2.07 bits per heavy atom. The highest BCUT2D eigenvalue weighted by Gasteiger charge is 2.33. The van der Waals surface area contributed by atoms with Crippen molar-refractivity contribution in [3.8, 4) is 5.75 Å². The zero-order chi connectivity index (χ0) is 21.3. The maximum Gasteiger partial charge on any atom is 0.328 e. The average Bonchev–Trinajstić information content (AvgIpc) is 3.21. The molecule has 0 unspecified atom stereocenters. The van der Waals surface area contributed by atoms with Crippen molar-refractivity contribution in [2.75, 3.05) is 30.8 Å². The van der Waals surface area contributed by atoms with E-state index in [4.69, 9.17) is 9.47 Å². The number of hydrogen-bond acceptors (Lipinski definition) is 9. The predicted molar refractivity (Wildman–Crippen MR) is 118 cm³/mol. The van der Waals surface area contributed by atoms with E-state index in [1.807, 2.05) is 31.2 Å². The zero-order valence-corrected chi connectivity index (χ0v) is 18.8. The van der Waals surface area contributed by atoms with Crippen molar-refractivity contribution in [1.29, 1.82) is 0 Å². The van der Waals surface area contributed by atoms with Gasteiger partial charge in [0.25, 0.3) is 0 Å². The fourth-order valence-corrected chi connectivity index (χ4v) is 4.86. The Hall–Kier alpha value is -2.33. The topological polar surface area (TPSA) is 93.7 Å². The van der Waals surface area contributed by atoms with Gasteiger partial charge in [-0.25, -0.2) is 4.79 Å². The minimum absolute atomic E-state index is 0.0795. The number of benzene rings is 1. The first-order valence-electron chi connectivity index (χ1n) is 10.0. The summed E-state index contributed by atoms with van der Waals surface area (Å²) in [5, 5.41) is 12.1. The highest BCUT2D eigenvalue weighted by Crippen LogP contribution is 2.32. The molecule has 1 N–H and O–H groups in total. The van der Waals surface area contributed by atoms with Gasteiger partial charge in [-0.3, -0.25) is 4.79 Å². The van der Waals surface area contributed by atoms with Crippen LogP contribution in [0.1, 0.15) is 33.1 Å². The molecule has 1 atom stereocenters. The van der Waals surface area contributed by atoms with Crippen LogP contribution in [-0.4, -0.2) is 58.5 Å². The summed E-state index contributed by atoms with van der Waals surface area (Å²) in [7, 11) is 0. The van der Waals surface area contributed by atoms with Gasteiger partial charge in [0.2, 0.25) is 11.0 Å². The molecule has 1 aromatic carbocycles. The van der Waals surface area contributed by atoms with Crippen molar-refractivity contribution >= 4 is 45.8 Å². The third-order valence-electron chi connectivity index (χ3n) is 4.54. The number of piperidine rings is 1. The van der Waals surface area contributed by atoms with Gasteiger partial charge in [0, 0.05) is 6.54 Å². The van der Waals surface area contributed by atoms with Gasteiger partial charge in [0.05, 0.1) is 24.7 Å². The summed E-state index contributed by atoms with van der Waals surface area (Å²) >= 11 is 2.70. The molecule has 1 aliphatic heterocycles. The number of esters is 1. The number of carbonyl (C=O) groups is 2. The maximum atomic E-state index is 12.7. The Bertz CT molecular complexity index is 861. The molecule has 0 saturated carbocycles. The maximum absolute atomic E-state index is 12.7. The largest absolute Gasteiger partial charge is 0.492 e. The number of nitrogens with zero attached hydrogens (tertiary/aromatic N) is 3. The van der Waals surface area contributed by atoms with E-state index in [1.165, 1.54) is 23.1 Å². The summed E-state index contributed by atoms with van der Waals surface area (Å²) in [4.78, 5) is 26.5. The standard InChI is InChI=1S/C20H26N4O4S2/c1-3-27-16-11-6-5-9-14(16)21-19-22-23-20(30-19)29-13-17(25)24-12-8-7-10-15(24)18(26)28-4-2/h5-6,9,11,15H,3-4,7-8,10,12-13H2,1-2H3,(H,21,22)/t15-/m1/s1. The molecule has 10 heteroatoms. The minimum Gasteiger partial charge on any atom is -0.492 e. The number of thioether (sulfide) groups is 1. The molecule has 3 rings (SSSR count). The highest BCUT2D eigenvalue weighted by molar-refractivity contribution is 8.01. The molecule has 1 aliphatic rings. The number of rotatable bonds is 9. The number of likely N-dealkylation sites (tertiary alicyclic amines) is 1. The molecule has 8 nitrogen and oxygen atoms in total. The lowest BCUT2D eigenvalue weighted by Gasteiger charge is -2.33. The molecule has 0 bridgehead atoms. The van der Waals surface area contributed by atoms with Crippen LogP contribution in [0.25, 0.3) is 0 Å². The first-order chi connectivity index (χ1) is 14.6. The van der Waals surface area contributed by atoms with E-state index >= 15 is 0 Å². The van der Waals surface area contributed by atoms with Crippen LogP contribution in [-0.2, 0) is 14.3 Å². The summed E-state index contributed by atoms with van der Waals surface area (Å²) in [5.74, 6) is 0.560. The summed E-state index contributed by atoms with van der Waals surface area (Å²) in [5.41, 5.74) is 0.814. The van der Waals surface area contributed by atoms with Crippen LogP contribution >= 0.6 is 23.1 Å². The molecular weight excluding hydrogens is 424 g/mol. The number of carbonyl (C=O) groups excluding carboxylic acids is 2. The Balaban J connectivity index is 1.57. The van der Waals surface area contributed by atoms with Crippen LogP contribution < -0.4 is 10.1 Å². The number of para-hydroxylation sites is 2. The molecule has 2 heterocycles. The van der Waals surface area contributed by atoms with Crippen molar-refractivity contribution in [3.05, 3.63) is 24.3 Å². The number of amides is 1. The average molecular weight is 451 g/mol. The summed E-state index contributed by atoms with van der Waals surface area (Å²) in [6.45, 7) is 5.18. The number of nitrogens with one attached hydrogen (secondary N) is 1. The number of ether oxygens (including phenoxy) is 2. The van der Waals surface area contributed by atoms with E-state index in [9.17, 15) is 9.59 Å². The Labute approximate surface area is 184 Å². The zero-order valence-electron chi connectivity index (χ0n) is 17.1. The van der Waals surface area contributed by atoms with Gasteiger partial charge >= 0.3 is 5.97 Å². The Kier molecular flexibility index (Phi) is 8.32. The number of aromatic nitrogens is 2. The normalized spacial score (nSPS) is 16.2. The Morgan fingerprint density at radius 1 is 1.23 bits per heavy atom. The second-order valence-corrected chi connectivity index (χ2v) is 8.77. The van der Waals surface area contributed by atoms with Gasteiger partial charge < -0.3 is 19.7 Å². The lowest BCUT2D eigenvalue weighted by molar-refractivity contribution is -0.155. The molecule has 1 aromatic heterocycles. The van der Waals surface area contributed by atoms with Gasteiger partial charge in [-0.05, 0) is 45.2 Å². The molecule has 1 saturated heterocycles. The molecule has 1 amide bonds. The van der Waals surface area contributed by atoms with Crippen LogP contribution in [0, 0.1) is 0 Å². The van der Waals surface area contributed by atoms with Crippen LogP contribution in [0.5, 0.6) is 5.75 Å². The fraction of sp³-hybridized carbons (Fsp3) is 0.500. The molecule has 1 fully saturated rings. The van der Waals surface area contributed by atoms with E-state index in [-0.39, 0.29) is 17.6 Å². The number of anilines is 2. The van der Waals surface area contributed by atoms with Gasteiger partial charge in [-0.15, -0.1) is 10.2 Å². The quantitative estimate of drug-likeness (QED) is 0.456. The van der Waals surface area contributed by atoms with Crippen LogP contribution in [0.15, 0.2) is 28.6 Å². The van der Waals surface area contributed by atoms with E-state index in [0.29, 0.717) is 35.7 Å². The van der Waals surface area contributed by atoms with Gasteiger partial charge in [0.15, 0.2) is 4.34 Å². The van der Waals surface area contributed by atoms with E-state index in [1.54, 1.807) is 11.8 Å². The number of hydrogen-bond donors (Lipinski definition) is 1. The van der Waals surface area contributed by atoms with Crippen molar-refractivity contribution in [3.63, 3.8) is 0 Å². The van der Waals surface area contributed by atoms with Crippen molar-refractivity contribution in [1.82, 2.24) is 15.1 Å². The van der Waals surface area contributed by atoms with E-state index < -0.39 is 6.04 Å². The van der Waals surface area contributed by atoms with Crippen LogP contribution in [0.2, 0.25) is 0 Å². The van der Waals surface area contributed by atoms with Gasteiger partial charge in [-0.2, -0.15) is 0 Å². The summed E-state index contributed by atoms with van der Waals surface area (Å²) in [6, 6.07) is 7.15. The first kappa shape index (κ1) is 22.4. The monoisotopic (exact) mass is 450 g/mol. The van der Waals surface area contributed by atoms with E-state index in [0.717, 1.165) is 24.3 Å². The molecule has 0 radical (unpaired) electrons. The summed E-state index contributed by atoms with van der Waals surface area (Å²) in [6.07, 6.45) is 2.48. The molecule has 162 valence electrons. The lowest BCUT2D eigenvalue weighted by atomic mass is 10.0. The van der Waals surface area contributed by atoms with Gasteiger partial charge in [0.1, 0.15) is 11.8 Å². The van der Waals surface area contributed by atoms with Gasteiger partial charge in [-0.1, -0.05) is 35.2 Å². The molecule has 0 spiro atoms. The van der Waals surface area contributed by atoms with E-state index in [2.05, 4.69) is 15.5 Å². The molecular formula is C20H26N4O4S2. The van der Waals surface area contributed by atoms with Crippen LogP contribution in [0.3, 0.4) is 0 Å². The lowest BCUT2D eigenvalue weighted by Crippen LogP contribution is -2.49. The predicted octanol–water partition coefficient (Wildman–Crippen LogP) is 3.72. The first-order valence-corrected chi connectivity index (χ1v) is 11.8. The second-order valence-electron chi connectivity index (χ2n) is 6.57. The second kappa shape index (κ2) is 11.2. The van der Waals surface area contributed by atoms with Crippen molar-refractivity contribution in [2.24, 2.45) is 0 Å². The smallest absolute Gasteiger partial charge is 0.328 e. The van der Waals surface area contributed by atoms with Crippen molar-refractivity contribution in [2.45, 2.75) is 43.5 Å². The molecule has 0 aliphatic carbocycles. The van der Waals surface area contributed by atoms with Crippen molar-refractivity contribution < 1.29 is 19.1 Å². The molecule has 30 heavy (non-hydrogen) atoms. The SMILES string of the molecule is CCOC(=O)[C@H]1CCCCN1C(=O)CSc1nnc(Nc2ccccc2OCC)s1. The Morgan fingerprint density at radius 3 is 2.87 bits per heavy atom. The third-order valence-corrected chi connectivity index (χ3v) is 6.49.